The molecule has 3 aromatic carbocycles. The number of sulfone groups is 1. The van der Waals surface area contributed by atoms with Crippen molar-refractivity contribution in [1.29, 1.82) is 0 Å². The number of benzene rings is 3. The fourth-order valence-corrected chi connectivity index (χ4v) is 6.03. The topological polar surface area (TPSA) is 115 Å². The predicted octanol–water partition coefficient (Wildman–Crippen LogP) is 3.79. The molecule has 2 amide bonds. The van der Waals surface area contributed by atoms with Gasteiger partial charge in [-0.25, -0.2) is 8.42 Å². The Morgan fingerprint density at radius 2 is 1.56 bits per heavy atom. The lowest BCUT2D eigenvalue weighted by molar-refractivity contribution is -0.384. The number of hydrogen-bond acceptors (Lipinski definition) is 6. The molecule has 0 bridgehead atoms. The Bertz CT molecular complexity index is 1340. The largest absolute Gasteiger partial charge is 0.277 e. The molecule has 1 aliphatic rings. The summed E-state index contributed by atoms with van der Waals surface area (Å²) in [4.78, 5) is 38.1. The lowest BCUT2D eigenvalue weighted by Crippen LogP contribution is -2.53. The van der Waals surface area contributed by atoms with Crippen molar-refractivity contribution in [2.24, 2.45) is 0 Å². The minimum absolute atomic E-state index is 0.0163. The molecule has 1 aliphatic heterocycles. The van der Waals surface area contributed by atoms with Gasteiger partial charge in [-0.1, -0.05) is 60.2 Å². The van der Waals surface area contributed by atoms with Gasteiger partial charge in [-0.05, 0) is 30.2 Å². The third kappa shape index (κ3) is 4.47. The highest BCUT2D eigenvalue weighted by Crippen LogP contribution is 2.38. The van der Waals surface area contributed by atoms with Gasteiger partial charge in [0.1, 0.15) is 0 Å². The highest BCUT2D eigenvalue weighted by atomic mass is 32.2. The summed E-state index contributed by atoms with van der Waals surface area (Å²) in [5.74, 6) is -2.27. The summed E-state index contributed by atoms with van der Waals surface area (Å²) in [6, 6.07) is 20.4. The SMILES string of the molecule is Cc1ccc(S(=O)(=O)C2C(=O)N(Cc3ccccc3)C(=O)CC2c2ccc([N+](=O)[O-])cc2)cc1. The quantitative estimate of drug-likeness (QED) is 0.302. The first-order valence-electron chi connectivity index (χ1n) is 10.6. The van der Waals surface area contributed by atoms with Crippen molar-refractivity contribution in [3.8, 4) is 0 Å². The number of nitrogens with zero attached hydrogens (tertiary/aromatic N) is 2. The van der Waals surface area contributed by atoms with Crippen LogP contribution in [0.5, 0.6) is 0 Å². The number of imide groups is 1. The van der Waals surface area contributed by atoms with Crippen molar-refractivity contribution in [2.75, 3.05) is 0 Å². The molecular weight excluding hydrogens is 456 g/mol. The first kappa shape index (κ1) is 23.3. The lowest BCUT2D eigenvalue weighted by Gasteiger charge is -2.36. The van der Waals surface area contributed by atoms with E-state index in [2.05, 4.69) is 0 Å². The number of amides is 2. The standard InChI is InChI=1S/C25H22N2O6S/c1-17-7-13-21(14-8-17)34(32,33)24-22(19-9-11-20(12-10-19)27(30)31)15-23(28)26(25(24)29)16-18-5-3-2-4-6-18/h2-14,22,24H,15-16H2,1H3. The highest BCUT2D eigenvalue weighted by Gasteiger charge is 2.49. The molecule has 0 aliphatic carbocycles. The molecule has 9 heteroatoms. The molecule has 3 aromatic rings. The van der Waals surface area contributed by atoms with Gasteiger partial charge in [0, 0.05) is 24.5 Å². The molecule has 4 rings (SSSR count). The molecule has 2 unspecified atom stereocenters. The third-order valence-electron chi connectivity index (χ3n) is 5.97. The zero-order valence-electron chi connectivity index (χ0n) is 18.3. The van der Waals surface area contributed by atoms with E-state index in [0.29, 0.717) is 11.1 Å². The third-order valence-corrected chi connectivity index (χ3v) is 8.10. The van der Waals surface area contributed by atoms with Gasteiger partial charge < -0.3 is 0 Å². The number of carbonyl (C=O) groups excluding carboxylic acids is 2. The van der Waals surface area contributed by atoms with Crippen molar-refractivity contribution in [3.05, 3.63) is 106 Å². The van der Waals surface area contributed by atoms with Crippen LogP contribution in [0.15, 0.2) is 83.8 Å². The number of hydrogen-bond donors (Lipinski definition) is 0. The fraction of sp³-hybridized carbons (Fsp3) is 0.200. The average Bonchev–Trinajstić information content (AvgIpc) is 2.82. The molecule has 0 saturated carbocycles. The Labute approximate surface area is 196 Å². The maximum Gasteiger partial charge on any atom is 0.269 e. The van der Waals surface area contributed by atoms with E-state index in [9.17, 15) is 28.1 Å². The molecule has 2 atom stereocenters. The number of carbonyl (C=O) groups is 2. The van der Waals surface area contributed by atoms with Crippen LogP contribution in [0.2, 0.25) is 0 Å². The molecule has 8 nitrogen and oxygen atoms in total. The van der Waals surface area contributed by atoms with Crippen LogP contribution in [0.3, 0.4) is 0 Å². The van der Waals surface area contributed by atoms with E-state index in [1.807, 2.05) is 6.92 Å². The van der Waals surface area contributed by atoms with Crippen LogP contribution in [-0.4, -0.2) is 35.3 Å². The maximum atomic E-state index is 13.7. The smallest absolute Gasteiger partial charge is 0.269 e. The van der Waals surface area contributed by atoms with E-state index in [0.717, 1.165) is 10.5 Å². The predicted molar refractivity (Wildman–Crippen MR) is 125 cm³/mol. The van der Waals surface area contributed by atoms with Crippen LogP contribution >= 0.6 is 0 Å². The van der Waals surface area contributed by atoms with Gasteiger partial charge >= 0.3 is 0 Å². The van der Waals surface area contributed by atoms with Crippen LogP contribution < -0.4 is 0 Å². The number of likely N-dealkylation sites (tertiary alicyclic amines) is 1. The molecule has 1 fully saturated rings. The zero-order chi connectivity index (χ0) is 24.5. The lowest BCUT2D eigenvalue weighted by atomic mass is 9.87. The monoisotopic (exact) mass is 478 g/mol. The summed E-state index contributed by atoms with van der Waals surface area (Å²) < 4.78 is 27.4. The van der Waals surface area contributed by atoms with E-state index in [-0.39, 0.29) is 23.5 Å². The number of aryl methyl sites for hydroxylation is 1. The van der Waals surface area contributed by atoms with E-state index >= 15 is 0 Å². The first-order valence-corrected chi connectivity index (χ1v) is 12.2. The molecule has 1 heterocycles. The Hall–Kier alpha value is -3.85. The van der Waals surface area contributed by atoms with Gasteiger partial charge in [-0.3, -0.25) is 24.6 Å². The number of rotatable bonds is 6. The molecular formula is C25H22N2O6S. The average molecular weight is 479 g/mol. The van der Waals surface area contributed by atoms with E-state index in [4.69, 9.17) is 0 Å². The van der Waals surface area contributed by atoms with Crippen molar-refractivity contribution >= 4 is 27.3 Å². The van der Waals surface area contributed by atoms with Gasteiger partial charge in [-0.2, -0.15) is 0 Å². The number of nitro groups is 1. The van der Waals surface area contributed by atoms with E-state index in [1.54, 1.807) is 42.5 Å². The van der Waals surface area contributed by atoms with Gasteiger partial charge in [0.05, 0.1) is 16.4 Å². The summed E-state index contributed by atoms with van der Waals surface area (Å²) >= 11 is 0. The van der Waals surface area contributed by atoms with Crippen molar-refractivity contribution in [3.63, 3.8) is 0 Å². The van der Waals surface area contributed by atoms with Gasteiger partial charge in [-0.15, -0.1) is 0 Å². The summed E-state index contributed by atoms with van der Waals surface area (Å²) in [6.45, 7) is 1.79. The van der Waals surface area contributed by atoms with Crippen molar-refractivity contribution < 1.29 is 22.9 Å². The highest BCUT2D eigenvalue weighted by molar-refractivity contribution is 7.92. The molecule has 174 valence electrons. The Kier molecular flexibility index (Phi) is 6.30. The van der Waals surface area contributed by atoms with Crippen LogP contribution in [0.4, 0.5) is 5.69 Å². The Morgan fingerprint density at radius 1 is 0.941 bits per heavy atom. The van der Waals surface area contributed by atoms with Crippen molar-refractivity contribution in [1.82, 2.24) is 4.90 Å². The van der Waals surface area contributed by atoms with Gasteiger partial charge in [0.25, 0.3) is 5.69 Å². The minimum atomic E-state index is -4.18. The second-order valence-corrected chi connectivity index (χ2v) is 10.3. The van der Waals surface area contributed by atoms with E-state index in [1.165, 1.54) is 36.4 Å². The first-order chi connectivity index (χ1) is 16.2. The zero-order valence-corrected chi connectivity index (χ0v) is 19.1. The number of nitro benzene ring substituents is 1. The van der Waals surface area contributed by atoms with Crippen LogP contribution in [0.1, 0.15) is 29.0 Å². The normalized spacial score (nSPS) is 18.7. The van der Waals surface area contributed by atoms with Crippen LogP contribution in [0.25, 0.3) is 0 Å². The molecule has 34 heavy (non-hydrogen) atoms. The Balaban J connectivity index is 1.78. The second-order valence-electron chi connectivity index (χ2n) is 8.24. The van der Waals surface area contributed by atoms with Gasteiger partial charge in [0.15, 0.2) is 15.1 Å². The van der Waals surface area contributed by atoms with Gasteiger partial charge in [0.2, 0.25) is 11.8 Å². The molecule has 0 radical (unpaired) electrons. The number of piperidine rings is 1. The summed E-state index contributed by atoms with van der Waals surface area (Å²) in [7, 11) is -4.18. The fourth-order valence-electron chi connectivity index (χ4n) is 4.15. The van der Waals surface area contributed by atoms with E-state index < -0.39 is 37.7 Å². The molecule has 0 aromatic heterocycles. The van der Waals surface area contributed by atoms with Crippen molar-refractivity contribution in [2.45, 2.75) is 36.0 Å². The number of non-ortho nitro benzene ring substituents is 1. The van der Waals surface area contributed by atoms with Crippen LogP contribution in [0, 0.1) is 17.0 Å². The maximum absolute atomic E-state index is 13.7. The second kappa shape index (κ2) is 9.18. The van der Waals surface area contributed by atoms with Crippen LogP contribution in [-0.2, 0) is 26.0 Å². The summed E-state index contributed by atoms with van der Waals surface area (Å²) in [5.41, 5.74) is 1.78. The molecule has 0 spiro atoms. The summed E-state index contributed by atoms with van der Waals surface area (Å²) in [6.07, 6.45) is -0.216. The molecule has 0 N–H and O–H groups in total. The Morgan fingerprint density at radius 3 is 2.15 bits per heavy atom. The minimum Gasteiger partial charge on any atom is -0.277 e. The summed E-state index contributed by atoms with van der Waals surface area (Å²) in [5, 5.41) is 9.50. The molecule has 1 saturated heterocycles.